The standard InChI is InChI=1S/C15H21NO3S/c1-4-15(2,3)12-16-20(18,19)14-9-7-13(8-10-14)6-5-11-17/h7-10,16-17H,4,11-12H2,1-3H3. The molecule has 1 aromatic carbocycles. The second-order valence-corrected chi connectivity index (χ2v) is 7.09. The Morgan fingerprint density at radius 2 is 1.85 bits per heavy atom. The van der Waals surface area contributed by atoms with E-state index in [9.17, 15) is 8.42 Å². The van der Waals surface area contributed by atoms with E-state index in [2.05, 4.69) is 16.6 Å². The lowest BCUT2D eigenvalue weighted by Gasteiger charge is -2.22. The number of rotatable bonds is 5. The van der Waals surface area contributed by atoms with Gasteiger partial charge in [-0.1, -0.05) is 32.6 Å². The predicted molar refractivity (Wildman–Crippen MR) is 79.7 cm³/mol. The molecule has 0 fully saturated rings. The van der Waals surface area contributed by atoms with Crippen molar-refractivity contribution in [2.75, 3.05) is 13.2 Å². The summed E-state index contributed by atoms with van der Waals surface area (Å²) in [6.07, 6.45) is 0.894. The highest BCUT2D eigenvalue weighted by Crippen LogP contribution is 2.19. The monoisotopic (exact) mass is 295 g/mol. The van der Waals surface area contributed by atoms with E-state index in [-0.39, 0.29) is 16.9 Å². The Labute approximate surface area is 121 Å². The summed E-state index contributed by atoms with van der Waals surface area (Å²) < 4.78 is 26.9. The van der Waals surface area contributed by atoms with Crippen LogP contribution in [0.2, 0.25) is 0 Å². The highest BCUT2D eigenvalue weighted by molar-refractivity contribution is 7.89. The summed E-state index contributed by atoms with van der Waals surface area (Å²) in [5, 5.41) is 8.60. The molecular weight excluding hydrogens is 274 g/mol. The lowest BCUT2D eigenvalue weighted by Crippen LogP contribution is -2.33. The van der Waals surface area contributed by atoms with Crippen LogP contribution in [0.25, 0.3) is 0 Å². The van der Waals surface area contributed by atoms with Gasteiger partial charge in [0.15, 0.2) is 0 Å². The van der Waals surface area contributed by atoms with Crippen LogP contribution in [0.5, 0.6) is 0 Å². The summed E-state index contributed by atoms with van der Waals surface area (Å²) in [7, 11) is -3.49. The number of aliphatic hydroxyl groups excluding tert-OH is 1. The van der Waals surface area contributed by atoms with Crippen LogP contribution in [0.3, 0.4) is 0 Å². The fraction of sp³-hybridized carbons (Fsp3) is 0.467. The molecular formula is C15H21NO3S. The van der Waals surface area contributed by atoms with E-state index in [1.165, 1.54) is 12.1 Å². The Kier molecular flexibility index (Phi) is 5.75. The highest BCUT2D eigenvalue weighted by Gasteiger charge is 2.20. The van der Waals surface area contributed by atoms with E-state index >= 15 is 0 Å². The first-order chi connectivity index (χ1) is 9.30. The van der Waals surface area contributed by atoms with Gasteiger partial charge in [0, 0.05) is 12.1 Å². The van der Waals surface area contributed by atoms with Crippen molar-refractivity contribution in [3.63, 3.8) is 0 Å². The van der Waals surface area contributed by atoms with E-state index in [1.807, 2.05) is 20.8 Å². The Morgan fingerprint density at radius 1 is 1.25 bits per heavy atom. The molecule has 1 aromatic rings. The molecule has 5 heteroatoms. The first-order valence-electron chi connectivity index (χ1n) is 6.50. The van der Waals surface area contributed by atoms with Crippen LogP contribution >= 0.6 is 0 Å². The van der Waals surface area contributed by atoms with Crippen molar-refractivity contribution in [3.8, 4) is 11.8 Å². The number of hydrogen-bond acceptors (Lipinski definition) is 3. The van der Waals surface area contributed by atoms with Gasteiger partial charge in [-0.05, 0) is 36.1 Å². The van der Waals surface area contributed by atoms with Gasteiger partial charge >= 0.3 is 0 Å². The minimum atomic E-state index is -3.49. The zero-order chi connectivity index (χ0) is 15.2. The van der Waals surface area contributed by atoms with Crippen molar-refractivity contribution in [1.29, 1.82) is 0 Å². The summed E-state index contributed by atoms with van der Waals surface area (Å²) in [5.74, 6) is 5.24. The molecule has 0 atom stereocenters. The number of aliphatic hydroxyl groups is 1. The SMILES string of the molecule is CCC(C)(C)CNS(=O)(=O)c1ccc(C#CCO)cc1. The number of nitrogens with one attached hydrogen (secondary N) is 1. The average molecular weight is 295 g/mol. The maximum atomic E-state index is 12.1. The largest absolute Gasteiger partial charge is 0.384 e. The van der Waals surface area contributed by atoms with Gasteiger partial charge in [0.25, 0.3) is 0 Å². The van der Waals surface area contributed by atoms with Gasteiger partial charge in [0.2, 0.25) is 10.0 Å². The summed E-state index contributed by atoms with van der Waals surface area (Å²) in [6.45, 7) is 6.25. The van der Waals surface area contributed by atoms with Crippen molar-refractivity contribution in [3.05, 3.63) is 29.8 Å². The first kappa shape index (κ1) is 16.7. The molecule has 2 N–H and O–H groups in total. The van der Waals surface area contributed by atoms with Crippen LogP contribution < -0.4 is 4.72 Å². The quantitative estimate of drug-likeness (QED) is 0.813. The fourth-order valence-electron chi connectivity index (χ4n) is 1.36. The molecule has 1 rings (SSSR count). The molecule has 20 heavy (non-hydrogen) atoms. The number of sulfonamides is 1. The molecule has 110 valence electrons. The van der Waals surface area contributed by atoms with Crippen LogP contribution in [-0.2, 0) is 10.0 Å². The van der Waals surface area contributed by atoms with E-state index in [0.29, 0.717) is 12.1 Å². The van der Waals surface area contributed by atoms with Crippen molar-refractivity contribution in [1.82, 2.24) is 4.72 Å². The maximum absolute atomic E-state index is 12.1. The van der Waals surface area contributed by atoms with Gasteiger partial charge < -0.3 is 5.11 Å². The van der Waals surface area contributed by atoms with Crippen LogP contribution in [0.1, 0.15) is 32.8 Å². The molecule has 0 saturated heterocycles. The third-order valence-corrected chi connectivity index (χ3v) is 4.59. The van der Waals surface area contributed by atoms with Crippen molar-refractivity contribution < 1.29 is 13.5 Å². The van der Waals surface area contributed by atoms with Crippen LogP contribution in [-0.4, -0.2) is 26.7 Å². The average Bonchev–Trinajstić information content (AvgIpc) is 2.44. The second kappa shape index (κ2) is 6.89. The normalized spacial score (nSPS) is 11.8. The summed E-state index contributed by atoms with van der Waals surface area (Å²) in [4.78, 5) is 0.221. The maximum Gasteiger partial charge on any atom is 0.240 e. The van der Waals surface area contributed by atoms with Crippen molar-refractivity contribution in [2.45, 2.75) is 32.1 Å². The summed E-state index contributed by atoms with van der Waals surface area (Å²) in [6, 6.07) is 6.29. The number of benzene rings is 1. The fourth-order valence-corrected chi connectivity index (χ4v) is 2.60. The predicted octanol–water partition coefficient (Wildman–Crippen LogP) is 1.74. The zero-order valence-corrected chi connectivity index (χ0v) is 12.9. The third-order valence-electron chi connectivity index (χ3n) is 3.17. The molecule has 0 unspecified atom stereocenters. The topological polar surface area (TPSA) is 66.4 Å². The minimum Gasteiger partial charge on any atom is -0.384 e. The third kappa shape index (κ3) is 4.97. The Balaban J connectivity index is 2.83. The molecule has 0 spiro atoms. The zero-order valence-electron chi connectivity index (χ0n) is 12.1. The Bertz CT molecular complexity index is 592. The number of hydrogen-bond donors (Lipinski definition) is 2. The van der Waals surface area contributed by atoms with Gasteiger partial charge in [0.1, 0.15) is 6.61 Å². The molecule has 4 nitrogen and oxygen atoms in total. The van der Waals surface area contributed by atoms with Crippen molar-refractivity contribution >= 4 is 10.0 Å². The summed E-state index contributed by atoms with van der Waals surface area (Å²) in [5.41, 5.74) is 0.603. The lowest BCUT2D eigenvalue weighted by atomic mass is 9.91. The van der Waals surface area contributed by atoms with E-state index < -0.39 is 10.0 Å². The molecule has 0 aromatic heterocycles. The highest BCUT2D eigenvalue weighted by atomic mass is 32.2. The van der Waals surface area contributed by atoms with Gasteiger partial charge in [0.05, 0.1) is 4.90 Å². The lowest BCUT2D eigenvalue weighted by molar-refractivity contribution is 0.350. The molecule has 0 aliphatic rings. The Morgan fingerprint density at radius 3 is 2.35 bits per heavy atom. The molecule has 0 aliphatic heterocycles. The van der Waals surface area contributed by atoms with E-state index in [4.69, 9.17) is 5.11 Å². The van der Waals surface area contributed by atoms with Crippen LogP contribution in [0, 0.1) is 17.3 Å². The molecule has 0 saturated carbocycles. The van der Waals surface area contributed by atoms with Gasteiger partial charge in [-0.3, -0.25) is 0 Å². The Hall–Kier alpha value is -1.35. The minimum absolute atomic E-state index is 0.0698. The van der Waals surface area contributed by atoms with Crippen LogP contribution in [0.4, 0.5) is 0 Å². The van der Waals surface area contributed by atoms with E-state index in [1.54, 1.807) is 12.1 Å². The molecule has 0 amide bonds. The molecule has 0 bridgehead atoms. The van der Waals surface area contributed by atoms with Gasteiger partial charge in [-0.2, -0.15) is 0 Å². The first-order valence-corrected chi connectivity index (χ1v) is 7.98. The second-order valence-electron chi connectivity index (χ2n) is 5.33. The molecule has 0 aliphatic carbocycles. The van der Waals surface area contributed by atoms with Gasteiger partial charge in [-0.25, -0.2) is 13.1 Å². The van der Waals surface area contributed by atoms with Gasteiger partial charge in [-0.15, -0.1) is 0 Å². The molecule has 0 heterocycles. The van der Waals surface area contributed by atoms with Crippen LogP contribution in [0.15, 0.2) is 29.2 Å². The smallest absolute Gasteiger partial charge is 0.240 e. The summed E-state index contributed by atoms with van der Waals surface area (Å²) >= 11 is 0. The van der Waals surface area contributed by atoms with E-state index in [0.717, 1.165) is 6.42 Å². The molecule has 0 radical (unpaired) electrons. The van der Waals surface area contributed by atoms with Crippen molar-refractivity contribution in [2.24, 2.45) is 5.41 Å².